The lowest BCUT2D eigenvalue weighted by molar-refractivity contribution is -0.121. The van der Waals surface area contributed by atoms with Crippen LogP contribution >= 0.6 is 0 Å². The number of halogens is 1. The number of nitrogens with one attached hydrogen (secondary N) is 1. The molecule has 1 atom stereocenters. The quantitative estimate of drug-likeness (QED) is 0.446. The smallest absolute Gasteiger partial charge is 0.324 e. The highest BCUT2D eigenvalue weighted by Crippen LogP contribution is 2.32. The van der Waals surface area contributed by atoms with E-state index in [4.69, 9.17) is 4.74 Å². The Labute approximate surface area is 189 Å². The van der Waals surface area contributed by atoms with Crippen LogP contribution in [0.4, 0.5) is 9.18 Å². The summed E-state index contributed by atoms with van der Waals surface area (Å²) in [5.74, 6) is -0.0716. The summed E-state index contributed by atoms with van der Waals surface area (Å²) in [7, 11) is -3.28. The maximum atomic E-state index is 14.1. The molecule has 1 aliphatic heterocycles. The molecule has 1 aromatic carbocycles. The van der Waals surface area contributed by atoms with Crippen LogP contribution in [0.25, 0.3) is 0 Å². The Morgan fingerprint density at radius 1 is 1.22 bits per heavy atom. The van der Waals surface area contributed by atoms with E-state index >= 15 is 0 Å². The van der Waals surface area contributed by atoms with Crippen molar-refractivity contribution in [1.29, 1.82) is 0 Å². The third kappa shape index (κ3) is 7.46. The van der Waals surface area contributed by atoms with Gasteiger partial charge in [0.25, 0.3) is 0 Å². The standard InChI is InChI=1S/C23H33FN2O5S/c1-2-18(19-8-9-20(24)21(14-19)31-15-17-6-7-17)16-32(29,30)13-5-3-4-11-26-12-10-22(27)25-23(26)28/h8-9,14,17-18H,2-7,10-13,15-16H2,1H3,(H,25,27,28)/t18-/m0/s1. The molecule has 7 nitrogen and oxygen atoms in total. The number of unbranched alkanes of at least 4 members (excludes halogenated alkanes) is 2. The van der Waals surface area contributed by atoms with Gasteiger partial charge in [0, 0.05) is 19.5 Å². The van der Waals surface area contributed by atoms with Gasteiger partial charge in [0.1, 0.15) is 0 Å². The normalized spacial score (nSPS) is 17.9. The molecule has 1 heterocycles. The lowest BCUT2D eigenvalue weighted by Crippen LogP contribution is -2.49. The van der Waals surface area contributed by atoms with Crippen LogP contribution in [-0.4, -0.2) is 56.5 Å². The zero-order valence-corrected chi connectivity index (χ0v) is 19.5. The van der Waals surface area contributed by atoms with Crippen LogP contribution < -0.4 is 10.1 Å². The molecule has 0 unspecified atom stereocenters. The fourth-order valence-corrected chi connectivity index (χ4v) is 5.68. The second-order valence-electron chi connectivity index (χ2n) is 8.81. The van der Waals surface area contributed by atoms with Gasteiger partial charge in [0.2, 0.25) is 5.91 Å². The molecule has 2 fully saturated rings. The molecular weight excluding hydrogens is 435 g/mol. The van der Waals surface area contributed by atoms with Crippen molar-refractivity contribution in [3.05, 3.63) is 29.6 Å². The summed E-state index contributed by atoms with van der Waals surface area (Å²) in [6.07, 6.45) is 5.05. The maximum absolute atomic E-state index is 14.1. The van der Waals surface area contributed by atoms with Crippen LogP contribution in [0.5, 0.6) is 5.75 Å². The van der Waals surface area contributed by atoms with E-state index in [1.54, 1.807) is 17.0 Å². The predicted molar refractivity (Wildman–Crippen MR) is 120 cm³/mol. The molecule has 32 heavy (non-hydrogen) atoms. The summed E-state index contributed by atoms with van der Waals surface area (Å²) in [5, 5.41) is 2.28. The second kappa shape index (κ2) is 11.1. The fraction of sp³-hybridized carbons (Fsp3) is 0.652. The molecule has 1 aromatic rings. The lowest BCUT2D eigenvalue weighted by atomic mass is 9.98. The van der Waals surface area contributed by atoms with E-state index in [0.717, 1.165) is 18.4 Å². The number of carbonyl (C=O) groups excluding carboxylic acids is 2. The SMILES string of the molecule is CC[C@@H](CS(=O)(=O)CCCCCN1CCC(=O)NC1=O)c1ccc(F)c(OCC2CC2)c1. The molecule has 2 aliphatic rings. The molecule has 1 saturated carbocycles. The summed E-state index contributed by atoms with van der Waals surface area (Å²) in [6.45, 7) is 3.36. The van der Waals surface area contributed by atoms with Gasteiger partial charge in [-0.15, -0.1) is 0 Å². The highest BCUT2D eigenvalue weighted by Gasteiger charge is 2.25. The summed E-state index contributed by atoms with van der Waals surface area (Å²) in [5.41, 5.74) is 0.786. The molecule has 1 saturated heterocycles. The summed E-state index contributed by atoms with van der Waals surface area (Å²) in [4.78, 5) is 24.5. The number of carbonyl (C=O) groups is 2. The molecule has 3 amide bonds. The van der Waals surface area contributed by atoms with Gasteiger partial charge in [0.05, 0.1) is 18.1 Å². The number of amides is 3. The first-order valence-corrected chi connectivity index (χ1v) is 13.3. The first-order valence-electron chi connectivity index (χ1n) is 11.5. The van der Waals surface area contributed by atoms with Gasteiger partial charge < -0.3 is 9.64 Å². The molecule has 1 N–H and O–H groups in total. The number of urea groups is 1. The van der Waals surface area contributed by atoms with Crippen LogP contribution in [0.3, 0.4) is 0 Å². The zero-order chi connectivity index (χ0) is 23.1. The van der Waals surface area contributed by atoms with E-state index in [9.17, 15) is 22.4 Å². The van der Waals surface area contributed by atoms with Crippen LogP contribution in [-0.2, 0) is 14.6 Å². The van der Waals surface area contributed by atoms with Gasteiger partial charge in [-0.3, -0.25) is 10.1 Å². The minimum Gasteiger partial charge on any atom is -0.490 e. The Bertz CT molecular complexity index is 917. The van der Waals surface area contributed by atoms with E-state index in [1.807, 2.05) is 6.92 Å². The van der Waals surface area contributed by atoms with E-state index in [1.165, 1.54) is 6.07 Å². The Balaban J connectivity index is 1.45. The minimum atomic E-state index is -3.28. The highest BCUT2D eigenvalue weighted by atomic mass is 32.2. The Morgan fingerprint density at radius 3 is 2.69 bits per heavy atom. The van der Waals surface area contributed by atoms with Gasteiger partial charge >= 0.3 is 6.03 Å². The van der Waals surface area contributed by atoms with Crippen molar-refractivity contribution in [3.8, 4) is 5.75 Å². The highest BCUT2D eigenvalue weighted by molar-refractivity contribution is 7.91. The number of sulfone groups is 1. The minimum absolute atomic E-state index is 0.0217. The van der Waals surface area contributed by atoms with Crippen LogP contribution in [0.2, 0.25) is 0 Å². The second-order valence-corrected chi connectivity index (χ2v) is 11.0. The first-order chi connectivity index (χ1) is 15.3. The number of hydrogen-bond acceptors (Lipinski definition) is 5. The topological polar surface area (TPSA) is 92.8 Å². The van der Waals surface area contributed by atoms with Gasteiger partial charge in [-0.25, -0.2) is 17.6 Å². The van der Waals surface area contributed by atoms with Crippen molar-refractivity contribution >= 4 is 21.8 Å². The van der Waals surface area contributed by atoms with Gasteiger partial charge in [-0.05, 0) is 61.6 Å². The van der Waals surface area contributed by atoms with E-state index in [-0.39, 0.29) is 35.1 Å². The lowest BCUT2D eigenvalue weighted by Gasteiger charge is -2.26. The number of benzene rings is 1. The molecule has 0 bridgehead atoms. The van der Waals surface area contributed by atoms with Crippen molar-refractivity contribution in [2.75, 3.05) is 31.2 Å². The predicted octanol–water partition coefficient (Wildman–Crippen LogP) is 3.64. The average Bonchev–Trinajstić information content (AvgIpc) is 3.57. The Morgan fingerprint density at radius 2 is 2.00 bits per heavy atom. The van der Waals surface area contributed by atoms with Crippen LogP contribution in [0.15, 0.2) is 18.2 Å². The van der Waals surface area contributed by atoms with E-state index < -0.39 is 15.7 Å². The third-order valence-electron chi connectivity index (χ3n) is 6.07. The third-order valence-corrected chi connectivity index (χ3v) is 7.89. The van der Waals surface area contributed by atoms with E-state index in [2.05, 4.69) is 5.32 Å². The van der Waals surface area contributed by atoms with Crippen LogP contribution in [0, 0.1) is 11.7 Å². The molecule has 3 rings (SSSR count). The molecule has 178 valence electrons. The summed E-state index contributed by atoms with van der Waals surface area (Å²) in [6, 6.07) is 4.28. The summed E-state index contributed by atoms with van der Waals surface area (Å²) < 4.78 is 45.0. The molecular formula is C23H33FN2O5S. The maximum Gasteiger partial charge on any atom is 0.324 e. The number of hydrogen-bond donors (Lipinski definition) is 1. The Hall–Kier alpha value is -2.16. The van der Waals surface area contributed by atoms with Gasteiger partial charge in [-0.1, -0.05) is 19.4 Å². The van der Waals surface area contributed by atoms with Crippen LogP contribution in [0.1, 0.15) is 63.4 Å². The summed E-state index contributed by atoms with van der Waals surface area (Å²) >= 11 is 0. The average molecular weight is 469 g/mol. The van der Waals surface area contributed by atoms with Crippen molar-refractivity contribution in [2.45, 2.75) is 57.8 Å². The molecule has 9 heteroatoms. The largest absolute Gasteiger partial charge is 0.490 e. The molecule has 1 aliphatic carbocycles. The van der Waals surface area contributed by atoms with Crippen molar-refractivity contribution < 1.29 is 27.1 Å². The van der Waals surface area contributed by atoms with Gasteiger partial charge in [0.15, 0.2) is 21.4 Å². The number of ether oxygens (including phenoxy) is 1. The Kier molecular flexibility index (Phi) is 8.51. The fourth-order valence-electron chi connectivity index (χ4n) is 3.83. The van der Waals surface area contributed by atoms with Crippen molar-refractivity contribution in [1.82, 2.24) is 10.2 Å². The molecule has 0 radical (unpaired) electrons. The van der Waals surface area contributed by atoms with E-state index in [0.29, 0.717) is 57.7 Å². The zero-order valence-electron chi connectivity index (χ0n) is 18.6. The molecule has 0 spiro atoms. The number of rotatable bonds is 13. The van der Waals surface area contributed by atoms with Crippen molar-refractivity contribution in [3.63, 3.8) is 0 Å². The first kappa shape index (κ1) is 24.5. The molecule has 0 aromatic heterocycles. The number of nitrogens with zero attached hydrogens (tertiary/aromatic N) is 1. The van der Waals surface area contributed by atoms with Crippen molar-refractivity contribution in [2.24, 2.45) is 5.92 Å². The number of imide groups is 1. The monoisotopic (exact) mass is 468 g/mol. The van der Waals surface area contributed by atoms with Gasteiger partial charge in [-0.2, -0.15) is 0 Å².